The van der Waals surface area contributed by atoms with Crippen LogP contribution in [0.3, 0.4) is 0 Å². The number of aliphatic hydroxyl groups is 1. The van der Waals surface area contributed by atoms with E-state index in [1.165, 1.54) is 12.1 Å². The first-order valence-corrected chi connectivity index (χ1v) is 15.3. The molecule has 1 heterocycles. The van der Waals surface area contributed by atoms with Crippen LogP contribution in [0.4, 0.5) is 18.9 Å². The molecule has 2 aromatic rings. The second kappa shape index (κ2) is 11.2. The highest BCUT2D eigenvalue weighted by Gasteiger charge is 2.58. The molecule has 1 saturated heterocycles. The Morgan fingerprint density at radius 2 is 1.83 bits per heavy atom. The summed E-state index contributed by atoms with van der Waals surface area (Å²) in [5.74, 6) is -6.62. The minimum Gasteiger partial charge on any atom is -0.387 e. The average molecular weight is 615 g/mol. The lowest BCUT2D eigenvalue weighted by molar-refractivity contribution is -0.133. The molecule has 13 heteroatoms. The number of ether oxygens (including phenoxy) is 1. The Hall–Kier alpha value is -2.67. The molecule has 2 bridgehead atoms. The van der Waals surface area contributed by atoms with Crippen LogP contribution in [-0.4, -0.2) is 55.4 Å². The van der Waals surface area contributed by atoms with Gasteiger partial charge in [0.1, 0.15) is 6.10 Å². The molecule has 2 aromatic carbocycles. The first-order valence-electron chi connectivity index (χ1n) is 13.4. The third-order valence-corrected chi connectivity index (χ3v) is 11.4. The fourth-order valence-corrected chi connectivity index (χ4v) is 8.95. The van der Waals surface area contributed by atoms with Crippen molar-refractivity contribution in [3.8, 4) is 0 Å². The summed E-state index contributed by atoms with van der Waals surface area (Å²) in [6.45, 7) is 2.46. The largest absolute Gasteiger partial charge is 0.387 e. The van der Waals surface area contributed by atoms with Crippen molar-refractivity contribution >= 4 is 38.9 Å². The Morgan fingerprint density at radius 3 is 2.46 bits per heavy atom. The first-order chi connectivity index (χ1) is 19.3. The van der Waals surface area contributed by atoms with Crippen LogP contribution in [0, 0.1) is 35.2 Å². The predicted octanol–water partition coefficient (Wildman–Crippen LogP) is 4.24. The van der Waals surface area contributed by atoms with E-state index in [9.17, 15) is 36.3 Å². The molecule has 2 amide bonds. The molecule has 2 aliphatic carbocycles. The maximum Gasteiger partial charge on any atom is 0.255 e. The van der Waals surface area contributed by atoms with Crippen LogP contribution >= 0.6 is 11.6 Å². The van der Waals surface area contributed by atoms with Crippen LogP contribution in [0.2, 0.25) is 5.02 Å². The highest BCUT2D eigenvalue weighted by Crippen LogP contribution is 2.54. The molecule has 5 rings (SSSR count). The van der Waals surface area contributed by atoms with Gasteiger partial charge < -0.3 is 20.5 Å². The Morgan fingerprint density at radius 1 is 1.12 bits per heavy atom. The van der Waals surface area contributed by atoms with E-state index in [2.05, 4.69) is 10.6 Å². The standard InChI is InChI=1S/C28H30ClF3N2O6S/c1-14-7-16-9-18(12-19(14)28(16,37)13-33-27(36)23-3-2-6-40-23)41(38,39)24-8-15(4-5-20(24)29)26(35)34-17-10-21(30)25(32)22(31)11-17/h4-5,8,10-11,14,16,18-19,23,37H,2-3,6-7,9,12-13H2,1H3,(H,33,36)(H,34,35)/t14-,16?,18+,19?,23+,28+/m0/s1. The highest BCUT2D eigenvalue weighted by molar-refractivity contribution is 7.92. The van der Waals surface area contributed by atoms with E-state index in [1.807, 2.05) is 6.92 Å². The topological polar surface area (TPSA) is 122 Å². The van der Waals surface area contributed by atoms with E-state index in [0.717, 1.165) is 12.5 Å². The first kappa shape index (κ1) is 29.8. The molecule has 222 valence electrons. The Bertz CT molecular complexity index is 1460. The maximum absolute atomic E-state index is 13.8. The molecule has 2 saturated carbocycles. The average Bonchev–Trinajstić information content (AvgIpc) is 3.48. The van der Waals surface area contributed by atoms with Crippen molar-refractivity contribution in [3.05, 3.63) is 58.4 Å². The van der Waals surface area contributed by atoms with Gasteiger partial charge in [0.05, 0.1) is 20.8 Å². The molecule has 0 radical (unpaired) electrons. The minimum absolute atomic E-state index is 0.000872. The van der Waals surface area contributed by atoms with Gasteiger partial charge in [-0.2, -0.15) is 0 Å². The van der Waals surface area contributed by atoms with Crippen LogP contribution in [-0.2, 0) is 19.4 Å². The number of sulfone groups is 1. The van der Waals surface area contributed by atoms with Crippen molar-refractivity contribution in [1.82, 2.24) is 5.32 Å². The number of benzene rings is 2. The van der Waals surface area contributed by atoms with Gasteiger partial charge in [0.15, 0.2) is 27.3 Å². The Balaban J connectivity index is 1.33. The number of fused-ring (bicyclic) bond motifs is 2. The number of carbonyl (C=O) groups excluding carboxylic acids is 2. The van der Waals surface area contributed by atoms with Gasteiger partial charge >= 0.3 is 0 Å². The summed E-state index contributed by atoms with van der Waals surface area (Å²) in [4.78, 5) is 25.0. The van der Waals surface area contributed by atoms with Crippen molar-refractivity contribution in [2.24, 2.45) is 17.8 Å². The van der Waals surface area contributed by atoms with Gasteiger partial charge in [0, 0.05) is 36.5 Å². The van der Waals surface area contributed by atoms with E-state index in [0.29, 0.717) is 31.6 Å². The van der Waals surface area contributed by atoms with E-state index in [1.54, 1.807) is 0 Å². The molecular weight excluding hydrogens is 585 g/mol. The number of carbonyl (C=O) groups is 2. The van der Waals surface area contributed by atoms with Gasteiger partial charge in [-0.1, -0.05) is 18.5 Å². The van der Waals surface area contributed by atoms with E-state index in [-0.39, 0.29) is 52.4 Å². The normalized spacial score (nSPS) is 29.4. The Labute approximate surface area is 240 Å². The van der Waals surface area contributed by atoms with Gasteiger partial charge in [-0.15, -0.1) is 0 Å². The summed E-state index contributed by atoms with van der Waals surface area (Å²) in [6.07, 6.45) is 1.72. The maximum atomic E-state index is 13.8. The van der Waals surface area contributed by atoms with Crippen LogP contribution < -0.4 is 10.6 Å². The predicted molar refractivity (Wildman–Crippen MR) is 144 cm³/mol. The fourth-order valence-electron chi connectivity index (χ4n) is 6.57. The third-order valence-electron chi connectivity index (χ3n) is 8.70. The lowest BCUT2D eigenvalue weighted by Crippen LogP contribution is -2.56. The third kappa shape index (κ3) is 5.59. The van der Waals surface area contributed by atoms with Gasteiger partial charge in [-0.25, -0.2) is 21.6 Å². The van der Waals surface area contributed by atoms with Crippen LogP contribution in [0.5, 0.6) is 0 Å². The number of hydrogen-bond acceptors (Lipinski definition) is 6. The van der Waals surface area contributed by atoms with Crippen LogP contribution in [0.25, 0.3) is 0 Å². The zero-order valence-corrected chi connectivity index (χ0v) is 23.7. The van der Waals surface area contributed by atoms with E-state index >= 15 is 0 Å². The summed E-state index contributed by atoms with van der Waals surface area (Å²) in [5, 5.41) is 15.7. The second-order valence-electron chi connectivity index (χ2n) is 11.2. The van der Waals surface area contributed by atoms with E-state index in [4.69, 9.17) is 16.3 Å². The zero-order chi connectivity index (χ0) is 29.7. The Kier molecular flexibility index (Phi) is 8.14. The monoisotopic (exact) mass is 614 g/mol. The molecular formula is C28H30ClF3N2O6S. The molecule has 0 spiro atoms. The van der Waals surface area contributed by atoms with Crippen LogP contribution in [0.1, 0.15) is 49.4 Å². The minimum atomic E-state index is -4.08. The number of nitrogens with one attached hydrogen (secondary N) is 2. The van der Waals surface area contributed by atoms with Gasteiger partial charge in [0.2, 0.25) is 5.91 Å². The van der Waals surface area contributed by atoms with E-state index < -0.39 is 62.0 Å². The number of rotatable bonds is 7. The summed E-state index contributed by atoms with van der Waals surface area (Å²) in [6, 6.07) is 4.80. The SMILES string of the molecule is C[C@H]1CC2C[C@@H](S(=O)(=O)c3cc(C(=O)Nc4cc(F)c(F)c(F)c4)ccc3Cl)CC1[C@@]2(O)CNC(=O)[C@H]1CCCO1. The second-order valence-corrected chi connectivity index (χ2v) is 13.8. The smallest absolute Gasteiger partial charge is 0.255 e. The van der Waals surface area contributed by atoms with Gasteiger partial charge in [-0.05, 0) is 68.1 Å². The zero-order valence-electron chi connectivity index (χ0n) is 22.1. The van der Waals surface area contributed by atoms with Crippen molar-refractivity contribution in [1.29, 1.82) is 0 Å². The molecule has 2 unspecified atom stereocenters. The van der Waals surface area contributed by atoms with Gasteiger partial charge in [-0.3, -0.25) is 9.59 Å². The molecule has 3 N–H and O–H groups in total. The molecule has 3 aliphatic rings. The molecule has 41 heavy (non-hydrogen) atoms. The lowest BCUT2D eigenvalue weighted by atomic mass is 9.73. The van der Waals surface area contributed by atoms with Crippen molar-refractivity contribution in [3.63, 3.8) is 0 Å². The number of amides is 2. The van der Waals surface area contributed by atoms with Crippen molar-refractivity contribution < 1.29 is 41.0 Å². The summed E-state index contributed by atoms with van der Waals surface area (Å²) in [7, 11) is -4.08. The molecule has 6 atom stereocenters. The number of anilines is 1. The number of halogens is 4. The molecule has 0 aromatic heterocycles. The highest BCUT2D eigenvalue weighted by atomic mass is 35.5. The molecule has 3 fully saturated rings. The quantitative estimate of drug-likeness (QED) is 0.401. The summed E-state index contributed by atoms with van der Waals surface area (Å²) in [5.41, 5.74) is -1.77. The number of hydrogen-bond donors (Lipinski definition) is 3. The fraction of sp³-hybridized carbons (Fsp3) is 0.500. The molecule has 1 aliphatic heterocycles. The van der Waals surface area contributed by atoms with Gasteiger partial charge in [0.25, 0.3) is 5.91 Å². The summed E-state index contributed by atoms with van der Waals surface area (Å²) >= 11 is 6.28. The lowest BCUT2D eigenvalue weighted by Gasteiger charge is -2.43. The molecule has 8 nitrogen and oxygen atoms in total. The van der Waals surface area contributed by atoms with Crippen LogP contribution in [0.15, 0.2) is 35.2 Å². The van der Waals surface area contributed by atoms with Crippen molar-refractivity contribution in [2.45, 2.75) is 60.9 Å². The summed E-state index contributed by atoms with van der Waals surface area (Å²) < 4.78 is 73.5. The van der Waals surface area contributed by atoms with Crippen molar-refractivity contribution in [2.75, 3.05) is 18.5 Å².